The fraction of sp³-hybridized carbons (Fsp3) is 0.500. The second-order valence-corrected chi connectivity index (χ2v) is 6.41. The molecule has 0 bridgehead atoms. The molecular weight excluding hydrogens is 350 g/mol. The number of carboxylic acids is 1. The molecule has 0 spiro atoms. The second-order valence-electron chi connectivity index (χ2n) is 5.49. The number of nitrogens with zero attached hydrogens (tertiary/aromatic N) is 1. The number of aliphatic carboxylic acids is 1. The van der Waals surface area contributed by atoms with Gasteiger partial charge in [0.15, 0.2) is 0 Å². The predicted molar refractivity (Wildman–Crippen MR) is 85.4 cm³/mol. The molecule has 1 fully saturated rings. The predicted octanol–water partition coefficient (Wildman–Crippen LogP) is 2.82. The number of carbonyl (C=O) groups is 2. The van der Waals surface area contributed by atoms with Gasteiger partial charge in [-0.1, -0.05) is 40.9 Å². The van der Waals surface area contributed by atoms with E-state index < -0.39 is 5.97 Å². The summed E-state index contributed by atoms with van der Waals surface area (Å²) in [7, 11) is 0. The molecule has 22 heavy (non-hydrogen) atoms. The molecule has 1 aliphatic carbocycles. The van der Waals surface area contributed by atoms with Crippen molar-refractivity contribution in [1.29, 1.82) is 0 Å². The number of amides is 1. The zero-order valence-corrected chi connectivity index (χ0v) is 13.9. The maximum Gasteiger partial charge on any atom is 0.323 e. The van der Waals surface area contributed by atoms with Crippen molar-refractivity contribution in [1.82, 2.24) is 4.90 Å². The Morgan fingerprint density at radius 3 is 2.68 bits per heavy atom. The number of carbonyl (C=O) groups excluding carboxylic acids is 1. The van der Waals surface area contributed by atoms with Crippen LogP contribution in [0.15, 0.2) is 28.7 Å². The highest BCUT2D eigenvalue weighted by atomic mass is 79.9. The van der Waals surface area contributed by atoms with Gasteiger partial charge in [0.1, 0.15) is 13.2 Å². The number of carboxylic acid groups (broad SMARTS) is 1. The summed E-state index contributed by atoms with van der Waals surface area (Å²) in [6.45, 7) is -0.107. The molecule has 1 aromatic carbocycles. The minimum absolute atomic E-state index is 0.0497. The minimum Gasteiger partial charge on any atom is -0.480 e. The third kappa shape index (κ3) is 5.42. The van der Waals surface area contributed by atoms with Crippen LogP contribution in [0.1, 0.15) is 31.2 Å². The van der Waals surface area contributed by atoms with Gasteiger partial charge in [-0.05, 0) is 30.5 Å². The lowest BCUT2D eigenvalue weighted by Crippen LogP contribution is -2.38. The fourth-order valence-corrected chi connectivity index (χ4v) is 3.03. The first-order valence-electron chi connectivity index (χ1n) is 7.40. The monoisotopic (exact) mass is 369 g/mol. The van der Waals surface area contributed by atoms with E-state index >= 15 is 0 Å². The molecule has 2 rings (SSSR count). The Balaban J connectivity index is 1.94. The molecule has 1 N–H and O–H groups in total. The van der Waals surface area contributed by atoms with Crippen molar-refractivity contribution >= 4 is 27.8 Å². The van der Waals surface area contributed by atoms with Gasteiger partial charge >= 0.3 is 5.97 Å². The van der Waals surface area contributed by atoms with Crippen LogP contribution in [0.5, 0.6) is 0 Å². The van der Waals surface area contributed by atoms with Crippen molar-refractivity contribution < 1.29 is 19.4 Å². The van der Waals surface area contributed by atoms with Gasteiger partial charge in [-0.2, -0.15) is 0 Å². The minimum atomic E-state index is -1.02. The van der Waals surface area contributed by atoms with E-state index in [0.717, 1.165) is 35.7 Å². The molecule has 1 saturated carbocycles. The van der Waals surface area contributed by atoms with Gasteiger partial charge in [0.2, 0.25) is 5.91 Å². The molecule has 1 aliphatic rings. The topological polar surface area (TPSA) is 66.8 Å². The van der Waals surface area contributed by atoms with Crippen molar-refractivity contribution in [3.05, 3.63) is 34.3 Å². The molecule has 1 aromatic rings. The van der Waals surface area contributed by atoms with Crippen LogP contribution in [0.4, 0.5) is 0 Å². The van der Waals surface area contributed by atoms with E-state index in [4.69, 9.17) is 9.84 Å². The average molecular weight is 370 g/mol. The van der Waals surface area contributed by atoms with E-state index in [1.54, 1.807) is 0 Å². The van der Waals surface area contributed by atoms with E-state index in [0.29, 0.717) is 0 Å². The highest BCUT2D eigenvalue weighted by Gasteiger charge is 2.21. The van der Waals surface area contributed by atoms with Crippen LogP contribution in [0, 0.1) is 0 Å². The Bertz CT molecular complexity index is 529. The standard InChI is InChI=1S/C16H20BrNO4/c17-13-5-3-4-12(8-13)9-18(10-16(20)21)15(19)11-22-14-6-1-2-7-14/h3-5,8,14H,1-2,6-7,9-11H2,(H,20,21). The van der Waals surface area contributed by atoms with E-state index in [-0.39, 0.29) is 31.7 Å². The van der Waals surface area contributed by atoms with Gasteiger partial charge in [0, 0.05) is 11.0 Å². The lowest BCUT2D eigenvalue weighted by Gasteiger charge is -2.22. The average Bonchev–Trinajstić information content (AvgIpc) is 2.97. The SMILES string of the molecule is O=C(O)CN(Cc1cccc(Br)c1)C(=O)COC1CCCC1. The molecule has 5 nitrogen and oxygen atoms in total. The maximum atomic E-state index is 12.3. The number of rotatable bonds is 7. The summed E-state index contributed by atoms with van der Waals surface area (Å²) in [6, 6.07) is 7.48. The smallest absolute Gasteiger partial charge is 0.323 e. The summed E-state index contributed by atoms with van der Waals surface area (Å²) in [6.07, 6.45) is 4.38. The summed E-state index contributed by atoms with van der Waals surface area (Å²) in [5, 5.41) is 9.00. The van der Waals surface area contributed by atoms with Gasteiger partial charge < -0.3 is 14.7 Å². The number of hydrogen-bond donors (Lipinski definition) is 1. The summed E-state index contributed by atoms with van der Waals surface area (Å²) >= 11 is 3.37. The van der Waals surface area contributed by atoms with Crippen LogP contribution in [0.25, 0.3) is 0 Å². The zero-order valence-electron chi connectivity index (χ0n) is 12.3. The Labute approximate surface area is 138 Å². The molecule has 0 radical (unpaired) electrons. The van der Waals surface area contributed by atoms with Crippen molar-refractivity contribution in [3.63, 3.8) is 0 Å². The third-order valence-corrected chi connectivity index (χ3v) is 4.18. The van der Waals surface area contributed by atoms with E-state index in [1.165, 1.54) is 4.90 Å². The fourth-order valence-electron chi connectivity index (χ4n) is 2.59. The number of halogens is 1. The van der Waals surface area contributed by atoms with Gasteiger partial charge in [0.05, 0.1) is 6.10 Å². The molecule has 0 aromatic heterocycles. The van der Waals surface area contributed by atoms with Crippen LogP contribution >= 0.6 is 15.9 Å². The molecule has 120 valence electrons. The largest absolute Gasteiger partial charge is 0.480 e. The van der Waals surface area contributed by atoms with E-state index in [2.05, 4.69) is 15.9 Å². The summed E-state index contributed by atoms with van der Waals surface area (Å²) in [4.78, 5) is 24.6. The molecule has 0 aliphatic heterocycles. The highest BCUT2D eigenvalue weighted by molar-refractivity contribution is 9.10. The molecule has 0 unspecified atom stereocenters. The number of ether oxygens (including phenoxy) is 1. The number of benzene rings is 1. The third-order valence-electron chi connectivity index (χ3n) is 3.69. The van der Waals surface area contributed by atoms with Gasteiger partial charge in [-0.25, -0.2) is 0 Å². The van der Waals surface area contributed by atoms with Crippen LogP contribution in [0.2, 0.25) is 0 Å². The first kappa shape index (κ1) is 17.0. The van der Waals surface area contributed by atoms with Gasteiger partial charge in [0.25, 0.3) is 0 Å². The van der Waals surface area contributed by atoms with Crippen LogP contribution in [0.3, 0.4) is 0 Å². The Morgan fingerprint density at radius 1 is 1.32 bits per heavy atom. The second kappa shape index (κ2) is 8.29. The quantitative estimate of drug-likeness (QED) is 0.802. The zero-order chi connectivity index (χ0) is 15.9. The lowest BCUT2D eigenvalue weighted by molar-refractivity contribution is -0.148. The van der Waals surface area contributed by atoms with Crippen LogP contribution in [-0.4, -0.2) is 41.1 Å². The first-order chi connectivity index (χ1) is 10.5. The Hall–Kier alpha value is -1.40. The Morgan fingerprint density at radius 2 is 2.05 bits per heavy atom. The molecule has 1 amide bonds. The lowest BCUT2D eigenvalue weighted by atomic mass is 10.2. The molecule has 0 saturated heterocycles. The Kier molecular flexibility index (Phi) is 6.39. The van der Waals surface area contributed by atoms with Gasteiger partial charge in [-0.3, -0.25) is 9.59 Å². The molecule has 6 heteroatoms. The summed E-state index contributed by atoms with van der Waals surface area (Å²) in [5.41, 5.74) is 0.879. The molecular formula is C16H20BrNO4. The maximum absolute atomic E-state index is 12.3. The van der Waals surface area contributed by atoms with Crippen LogP contribution < -0.4 is 0 Å². The van der Waals surface area contributed by atoms with Crippen molar-refractivity contribution in [2.24, 2.45) is 0 Å². The van der Waals surface area contributed by atoms with Crippen molar-refractivity contribution in [2.45, 2.75) is 38.3 Å². The molecule has 0 atom stereocenters. The van der Waals surface area contributed by atoms with E-state index in [9.17, 15) is 9.59 Å². The normalized spacial score (nSPS) is 15.0. The number of hydrogen-bond acceptors (Lipinski definition) is 3. The summed E-state index contributed by atoms with van der Waals surface area (Å²) < 4.78 is 6.49. The first-order valence-corrected chi connectivity index (χ1v) is 8.19. The van der Waals surface area contributed by atoms with E-state index in [1.807, 2.05) is 24.3 Å². The van der Waals surface area contributed by atoms with Crippen molar-refractivity contribution in [3.8, 4) is 0 Å². The molecule has 0 heterocycles. The highest BCUT2D eigenvalue weighted by Crippen LogP contribution is 2.21. The van der Waals surface area contributed by atoms with Gasteiger partial charge in [-0.15, -0.1) is 0 Å². The van der Waals surface area contributed by atoms with Crippen LogP contribution in [-0.2, 0) is 20.9 Å². The van der Waals surface area contributed by atoms with Crippen molar-refractivity contribution in [2.75, 3.05) is 13.2 Å². The summed E-state index contributed by atoms with van der Waals surface area (Å²) in [5.74, 6) is -1.31.